The summed E-state index contributed by atoms with van der Waals surface area (Å²) in [6, 6.07) is 13.5. The van der Waals surface area contributed by atoms with E-state index in [1.165, 1.54) is 0 Å². The van der Waals surface area contributed by atoms with Gasteiger partial charge < -0.3 is 5.11 Å². The minimum absolute atomic E-state index is 0.310. The molecule has 0 saturated carbocycles. The zero-order valence-electron chi connectivity index (χ0n) is 9.96. The minimum Gasteiger partial charge on any atom is -0.507 e. The van der Waals surface area contributed by atoms with Crippen LogP contribution in [0.1, 0.15) is 11.3 Å². The van der Waals surface area contributed by atoms with Crippen molar-refractivity contribution in [3.8, 4) is 5.75 Å². The molecule has 92 valence electrons. The van der Waals surface area contributed by atoms with Crippen LogP contribution in [-0.4, -0.2) is 9.53 Å². The van der Waals surface area contributed by atoms with Gasteiger partial charge in [0.1, 0.15) is 5.75 Å². The van der Waals surface area contributed by atoms with Crippen LogP contribution in [0.3, 0.4) is 0 Å². The van der Waals surface area contributed by atoms with Gasteiger partial charge in [-0.05, 0) is 18.2 Å². The first kappa shape index (κ1) is 13.1. The average Bonchev–Trinajstić information content (AvgIpc) is 2.40. The van der Waals surface area contributed by atoms with E-state index >= 15 is 0 Å². The topological polar surface area (TPSA) is 24.1 Å². The number of benzene rings is 1. The van der Waals surface area contributed by atoms with Crippen molar-refractivity contribution in [3.05, 3.63) is 59.9 Å². The number of aromatic hydroxyl groups is 1. The number of hydrogen-bond acceptors (Lipinski definition) is 1. The van der Waals surface area contributed by atoms with E-state index in [4.69, 9.17) is 0 Å². The fourth-order valence-electron chi connectivity index (χ4n) is 1.74. The first-order valence-electron chi connectivity index (χ1n) is 5.82. The number of phenolic OH excluding ortho intramolecular Hbond substituents is 1. The Labute approximate surface area is 121 Å². The Balaban J connectivity index is 2.26. The lowest BCUT2D eigenvalue weighted by atomic mass is 10.1. The van der Waals surface area contributed by atoms with Crippen LogP contribution in [0, 0.1) is 0 Å². The number of aryl methyl sites for hydroxylation is 1. The maximum absolute atomic E-state index is 9.70. The second-order valence-electron chi connectivity index (χ2n) is 3.90. The van der Waals surface area contributed by atoms with Crippen LogP contribution in [0.25, 0.3) is 12.2 Å². The molecule has 0 aliphatic rings. The Morgan fingerprint density at radius 3 is 2.61 bits per heavy atom. The standard InChI is InChI=1S/C15H14INO/c16-10-12-17-11-4-3-6-14(17)9-8-13-5-1-2-7-15(13)18/h1-9,11H,10,12H2/p+1. The van der Waals surface area contributed by atoms with Crippen molar-refractivity contribution >= 4 is 34.7 Å². The third kappa shape index (κ3) is 3.32. The molecule has 1 N–H and O–H groups in total. The van der Waals surface area contributed by atoms with Gasteiger partial charge in [-0.1, -0.05) is 40.8 Å². The molecule has 0 unspecified atom stereocenters. The van der Waals surface area contributed by atoms with Crippen LogP contribution in [0.4, 0.5) is 0 Å². The lowest BCUT2D eigenvalue weighted by molar-refractivity contribution is -0.693. The molecule has 18 heavy (non-hydrogen) atoms. The van der Waals surface area contributed by atoms with Crippen molar-refractivity contribution < 1.29 is 9.67 Å². The summed E-state index contributed by atoms with van der Waals surface area (Å²) < 4.78 is 3.27. The summed E-state index contributed by atoms with van der Waals surface area (Å²) in [5, 5.41) is 9.70. The molecule has 2 rings (SSSR count). The van der Waals surface area contributed by atoms with Crippen LogP contribution in [0.15, 0.2) is 48.7 Å². The lowest BCUT2D eigenvalue weighted by Gasteiger charge is -1.99. The molecule has 0 aliphatic heterocycles. The molecule has 0 saturated heterocycles. The first-order chi connectivity index (χ1) is 8.81. The quantitative estimate of drug-likeness (QED) is 0.510. The van der Waals surface area contributed by atoms with E-state index < -0.39 is 0 Å². The number of alkyl halides is 1. The molecule has 3 heteroatoms. The molecule has 1 heterocycles. The second kappa shape index (κ2) is 6.54. The molecule has 2 nitrogen and oxygen atoms in total. The van der Waals surface area contributed by atoms with Crippen molar-refractivity contribution in [1.29, 1.82) is 0 Å². The number of aromatic nitrogens is 1. The van der Waals surface area contributed by atoms with Crippen molar-refractivity contribution in [1.82, 2.24) is 0 Å². The largest absolute Gasteiger partial charge is 0.507 e. The third-order valence-electron chi connectivity index (χ3n) is 2.67. The lowest BCUT2D eigenvalue weighted by Crippen LogP contribution is -2.37. The van der Waals surface area contributed by atoms with Gasteiger partial charge >= 0.3 is 0 Å². The summed E-state index contributed by atoms with van der Waals surface area (Å²) in [5.74, 6) is 0.310. The predicted molar refractivity (Wildman–Crippen MR) is 82.6 cm³/mol. The summed E-state index contributed by atoms with van der Waals surface area (Å²) in [6.45, 7) is 0.988. The summed E-state index contributed by atoms with van der Waals surface area (Å²) in [5.41, 5.74) is 1.97. The van der Waals surface area contributed by atoms with E-state index in [1.54, 1.807) is 6.07 Å². The minimum atomic E-state index is 0.310. The summed E-state index contributed by atoms with van der Waals surface area (Å²) >= 11 is 2.37. The molecular weight excluding hydrogens is 337 g/mol. The Morgan fingerprint density at radius 2 is 1.83 bits per heavy atom. The number of nitrogens with zero attached hydrogens (tertiary/aromatic N) is 1. The smallest absolute Gasteiger partial charge is 0.205 e. The van der Waals surface area contributed by atoms with Crippen LogP contribution in [0.2, 0.25) is 0 Å². The van der Waals surface area contributed by atoms with Gasteiger partial charge in [0.15, 0.2) is 12.7 Å². The highest BCUT2D eigenvalue weighted by Crippen LogP contribution is 2.17. The molecule has 0 atom stereocenters. The number of pyridine rings is 1. The highest BCUT2D eigenvalue weighted by atomic mass is 127. The van der Waals surface area contributed by atoms with Crippen LogP contribution < -0.4 is 4.57 Å². The highest BCUT2D eigenvalue weighted by Gasteiger charge is 2.04. The number of hydrogen-bond donors (Lipinski definition) is 1. The normalized spacial score (nSPS) is 10.9. The van der Waals surface area contributed by atoms with E-state index in [-0.39, 0.29) is 0 Å². The van der Waals surface area contributed by atoms with Crippen LogP contribution in [-0.2, 0) is 6.54 Å². The Bertz CT molecular complexity index is 552. The Kier molecular flexibility index (Phi) is 4.75. The van der Waals surface area contributed by atoms with Gasteiger partial charge in [-0.2, -0.15) is 4.57 Å². The van der Waals surface area contributed by atoms with E-state index in [9.17, 15) is 5.11 Å². The van der Waals surface area contributed by atoms with E-state index in [0.717, 1.165) is 22.2 Å². The van der Waals surface area contributed by atoms with E-state index in [1.807, 2.05) is 42.5 Å². The van der Waals surface area contributed by atoms with Crippen molar-refractivity contribution in [3.63, 3.8) is 0 Å². The van der Waals surface area contributed by atoms with Gasteiger partial charge in [0, 0.05) is 23.8 Å². The molecule has 1 aromatic carbocycles. The fraction of sp³-hybridized carbons (Fsp3) is 0.133. The van der Waals surface area contributed by atoms with Gasteiger partial charge in [-0.15, -0.1) is 0 Å². The molecule has 0 radical (unpaired) electrons. The predicted octanol–water partition coefficient (Wildman–Crippen LogP) is 3.29. The number of halogens is 1. The van der Waals surface area contributed by atoms with Gasteiger partial charge in [0.05, 0.1) is 4.43 Å². The molecular formula is C15H15INO+. The number of rotatable bonds is 4. The summed E-state index contributed by atoms with van der Waals surface area (Å²) in [4.78, 5) is 0. The Morgan fingerprint density at radius 1 is 1.06 bits per heavy atom. The molecule has 1 aromatic heterocycles. The highest BCUT2D eigenvalue weighted by molar-refractivity contribution is 14.1. The summed E-state index contributed by atoms with van der Waals surface area (Å²) in [7, 11) is 0. The van der Waals surface area contributed by atoms with Gasteiger partial charge in [-0.25, -0.2) is 0 Å². The molecule has 0 bridgehead atoms. The number of para-hydroxylation sites is 1. The maximum atomic E-state index is 9.70. The second-order valence-corrected chi connectivity index (χ2v) is 4.98. The van der Waals surface area contributed by atoms with Crippen molar-refractivity contribution in [2.45, 2.75) is 6.54 Å². The van der Waals surface area contributed by atoms with Crippen LogP contribution in [0.5, 0.6) is 5.75 Å². The molecule has 0 spiro atoms. The molecule has 0 aliphatic carbocycles. The van der Waals surface area contributed by atoms with Gasteiger partial charge in [0.2, 0.25) is 5.69 Å². The zero-order valence-corrected chi connectivity index (χ0v) is 12.1. The average molecular weight is 352 g/mol. The maximum Gasteiger partial charge on any atom is 0.205 e. The molecule has 2 aromatic rings. The molecule has 0 fully saturated rings. The van der Waals surface area contributed by atoms with Gasteiger partial charge in [0.25, 0.3) is 0 Å². The van der Waals surface area contributed by atoms with E-state index in [2.05, 4.69) is 39.4 Å². The van der Waals surface area contributed by atoms with Crippen LogP contribution >= 0.6 is 22.6 Å². The SMILES string of the molecule is Oc1ccccc1C=Cc1cccc[n+]1CCI. The van der Waals surface area contributed by atoms with E-state index in [0.29, 0.717) is 5.75 Å². The third-order valence-corrected chi connectivity index (χ3v) is 3.15. The Hall–Kier alpha value is -1.36. The summed E-state index contributed by atoms with van der Waals surface area (Å²) in [6.07, 6.45) is 6.04. The van der Waals surface area contributed by atoms with Crippen molar-refractivity contribution in [2.75, 3.05) is 4.43 Å². The first-order valence-corrected chi connectivity index (χ1v) is 7.34. The zero-order chi connectivity index (χ0) is 12.8. The van der Waals surface area contributed by atoms with Gasteiger partial charge in [-0.3, -0.25) is 0 Å². The molecule has 0 amide bonds. The fourth-order valence-corrected chi connectivity index (χ4v) is 2.26. The monoisotopic (exact) mass is 352 g/mol. The van der Waals surface area contributed by atoms with Crippen molar-refractivity contribution in [2.24, 2.45) is 0 Å². The number of phenols is 1.